The maximum absolute atomic E-state index is 13.8. The number of carbonyl (C=O) groups is 2. The number of pyridine rings is 4. The first kappa shape index (κ1) is 43.7. The first-order valence-corrected chi connectivity index (χ1v) is 23.1. The highest BCUT2D eigenvalue weighted by atomic mass is 32.2. The molecule has 0 saturated carbocycles. The summed E-state index contributed by atoms with van der Waals surface area (Å²) in [5.74, 6) is -0.556. The molecule has 3 N–H and O–H groups in total. The lowest BCUT2D eigenvalue weighted by atomic mass is 10.1. The Hall–Kier alpha value is -7.96. The largest absolute Gasteiger partial charge is 0.491 e. The standard InChI is InChI=1S/C41H38N14O8S2/c1-24(56)46-34-19-31(28(22-43-34)30-8-12-53-37(49-30)7-10-45-53)47-35-15-26(16-40(50-35)64(4,58)59)55(25(2)57)39-20-32(29(23-44-39)33-21-38-42-9-6-11-54(38)52-33)48-36-17-27(63-14-13-62-3)18-41(51-36)65(5,60)61/h6-12,15-23H,13-14H2,1-5H3,(H,44,48,51)(H2,43,46,47,50,56). The van der Waals surface area contributed by atoms with Crippen molar-refractivity contribution in [1.82, 2.24) is 49.1 Å². The molecule has 0 saturated heterocycles. The summed E-state index contributed by atoms with van der Waals surface area (Å²) in [6.45, 7) is 2.94. The maximum Gasteiger partial charge on any atom is 0.229 e. The van der Waals surface area contributed by atoms with Crippen molar-refractivity contribution < 1.29 is 35.9 Å². The van der Waals surface area contributed by atoms with E-state index < -0.39 is 30.6 Å². The van der Waals surface area contributed by atoms with Crippen LogP contribution < -0.4 is 25.6 Å². The van der Waals surface area contributed by atoms with Crippen molar-refractivity contribution in [3.05, 3.63) is 97.8 Å². The van der Waals surface area contributed by atoms with Gasteiger partial charge in [-0.05, 0) is 18.2 Å². The molecule has 8 heterocycles. The normalized spacial score (nSPS) is 11.7. The van der Waals surface area contributed by atoms with E-state index in [0.717, 1.165) is 12.5 Å². The lowest BCUT2D eigenvalue weighted by molar-refractivity contribution is -0.116. The summed E-state index contributed by atoms with van der Waals surface area (Å²) >= 11 is 0. The molecule has 8 aromatic heterocycles. The average Bonchev–Trinajstić information content (AvgIpc) is 3.90. The highest BCUT2D eigenvalue weighted by molar-refractivity contribution is 7.90. The molecule has 8 aromatic rings. The number of rotatable bonds is 15. The first-order chi connectivity index (χ1) is 31.0. The molecule has 0 atom stereocenters. The van der Waals surface area contributed by atoms with Crippen LogP contribution in [0.2, 0.25) is 0 Å². The zero-order valence-electron chi connectivity index (χ0n) is 35.2. The van der Waals surface area contributed by atoms with Crippen molar-refractivity contribution in [1.29, 1.82) is 0 Å². The number of hydrogen-bond donors (Lipinski definition) is 3. The minimum absolute atomic E-state index is 0.00827. The average molecular weight is 919 g/mol. The maximum atomic E-state index is 13.8. The molecule has 0 spiro atoms. The van der Waals surface area contributed by atoms with E-state index in [-0.39, 0.29) is 64.5 Å². The third-order valence-corrected chi connectivity index (χ3v) is 11.3. The van der Waals surface area contributed by atoms with E-state index in [1.807, 2.05) is 0 Å². The predicted octanol–water partition coefficient (Wildman–Crippen LogP) is 4.65. The molecule has 0 radical (unpaired) electrons. The van der Waals surface area contributed by atoms with Crippen LogP contribution in [-0.2, 0) is 34.0 Å². The molecule has 332 valence electrons. The van der Waals surface area contributed by atoms with Gasteiger partial charge >= 0.3 is 0 Å². The topological polar surface area (TPSA) is 272 Å². The van der Waals surface area contributed by atoms with Crippen molar-refractivity contribution in [3.8, 4) is 28.3 Å². The lowest BCUT2D eigenvalue weighted by Gasteiger charge is -2.23. The van der Waals surface area contributed by atoms with E-state index in [9.17, 15) is 26.4 Å². The van der Waals surface area contributed by atoms with Crippen molar-refractivity contribution in [2.24, 2.45) is 0 Å². The highest BCUT2D eigenvalue weighted by Crippen LogP contribution is 2.38. The number of methoxy groups -OCH3 is 1. The zero-order valence-corrected chi connectivity index (χ0v) is 36.8. The Labute approximate surface area is 370 Å². The molecular weight excluding hydrogens is 881 g/mol. The number of aromatic nitrogens is 10. The fourth-order valence-electron chi connectivity index (χ4n) is 6.50. The Morgan fingerprint density at radius 2 is 1.42 bits per heavy atom. The molecule has 0 aromatic carbocycles. The van der Waals surface area contributed by atoms with Crippen LogP contribution in [0.15, 0.2) is 108 Å². The fourth-order valence-corrected chi connectivity index (χ4v) is 7.69. The summed E-state index contributed by atoms with van der Waals surface area (Å²) in [4.78, 5) is 53.9. The van der Waals surface area contributed by atoms with Gasteiger partial charge in [0.05, 0.1) is 41.3 Å². The zero-order chi connectivity index (χ0) is 46.0. The van der Waals surface area contributed by atoms with Crippen molar-refractivity contribution in [2.45, 2.75) is 23.9 Å². The van der Waals surface area contributed by atoms with Crippen LogP contribution in [0, 0.1) is 0 Å². The lowest BCUT2D eigenvalue weighted by Crippen LogP contribution is -2.24. The molecule has 2 amide bonds. The van der Waals surface area contributed by atoms with Gasteiger partial charge in [-0.1, -0.05) is 0 Å². The van der Waals surface area contributed by atoms with Gasteiger partial charge < -0.3 is 25.4 Å². The van der Waals surface area contributed by atoms with Gasteiger partial charge in [0.15, 0.2) is 41.0 Å². The second-order valence-electron chi connectivity index (χ2n) is 14.3. The number of nitrogens with zero attached hydrogens (tertiary/aromatic N) is 11. The van der Waals surface area contributed by atoms with E-state index in [1.165, 1.54) is 74.6 Å². The van der Waals surface area contributed by atoms with Gasteiger partial charge in [0.2, 0.25) is 11.8 Å². The van der Waals surface area contributed by atoms with E-state index in [2.05, 4.69) is 56.1 Å². The predicted molar refractivity (Wildman–Crippen MR) is 238 cm³/mol. The van der Waals surface area contributed by atoms with Crippen molar-refractivity contribution in [2.75, 3.05) is 53.7 Å². The third-order valence-electron chi connectivity index (χ3n) is 9.35. The molecule has 0 unspecified atom stereocenters. The van der Waals surface area contributed by atoms with Crippen LogP contribution in [0.4, 0.5) is 40.3 Å². The monoisotopic (exact) mass is 918 g/mol. The Morgan fingerprint density at radius 3 is 2.12 bits per heavy atom. The second-order valence-corrected chi connectivity index (χ2v) is 18.3. The van der Waals surface area contributed by atoms with Gasteiger partial charge in [0, 0.05) is 118 Å². The molecular formula is C41H38N14O8S2. The molecule has 0 fully saturated rings. The fraction of sp³-hybridized carbons (Fsp3) is 0.171. The minimum Gasteiger partial charge on any atom is -0.491 e. The van der Waals surface area contributed by atoms with Crippen LogP contribution >= 0.6 is 0 Å². The van der Waals surface area contributed by atoms with E-state index in [4.69, 9.17) is 9.47 Å². The first-order valence-electron chi connectivity index (χ1n) is 19.3. The van der Waals surface area contributed by atoms with Gasteiger partial charge in [-0.15, -0.1) is 0 Å². The van der Waals surface area contributed by atoms with Crippen LogP contribution in [0.25, 0.3) is 33.8 Å². The summed E-state index contributed by atoms with van der Waals surface area (Å²) in [5, 5.41) is 17.2. The van der Waals surface area contributed by atoms with Crippen LogP contribution in [-0.4, -0.2) is 111 Å². The van der Waals surface area contributed by atoms with Gasteiger partial charge in [-0.3, -0.25) is 14.5 Å². The summed E-state index contributed by atoms with van der Waals surface area (Å²) < 4.78 is 66.1. The van der Waals surface area contributed by atoms with E-state index in [1.54, 1.807) is 58.1 Å². The van der Waals surface area contributed by atoms with Crippen molar-refractivity contribution in [3.63, 3.8) is 0 Å². The summed E-state index contributed by atoms with van der Waals surface area (Å²) in [5.41, 5.74) is 3.39. The number of amides is 2. The SMILES string of the molecule is COCCOc1cc(Nc2cc(N(C(C)=O)c3cc(Nc4cc(NC(C)=O)ncc4-c4ccn5nccc5n4)nc(S(C)(=O)=O)c3)ncc2-c2cc3ncccn3n2)nc(S(C)(=O)=O)c1. The number of nitrogens with one attached hydrogen (secondary N) is 3. The summed E-state index contributed by atoms with van der Waals surface area (Å²) in [6, 6.07) is 15.3. The number of hydrogen-bond acceptors (Lipinski definition) is 18. The number of sulfone groups is 2. The number of anilines is 7. The molecule has 0 aliphatic rings. The smallest absolute Gasteiger partial charge is 0.229 e. The molecule has 22 nitrogen and oxygen atoms in total. The minimum atomic E-state index is -4.03. The van der Waals surface area contributed by atoms with E-state index >= 15 is 0 Å². The Morgan fingerprint density at radius 1 is 0.708 bits per heavy atom. The quantitative estimate of drug-likeness (QED) is 0.118. The Bertz CT molecular complexity index is 3350. The Balaban J connectivity index is 1.26. The molecule has 0 bridgehead atoms. The molecule has 8 rings (SSSR count). The van der Waals surface area contributed by atoms with E-state index in [0.29, 0.717) is 39.5 Å². The Kier molecular flexibility index (Phi) is 11.9. The number of fused-ring (bicyclic) bond motifs is 2. The second kappa shape index (κ2) is 17.7. The van der Waals surface area contributed by atoms with Gasteiger partial charge in [0.25, 0.3) is 0 Å². The number of carbonyl (C=O) groups excluding carboxylic acids is 2. The van der Waals surface area contributed by atoms with Gasteiger partial charge in [-0.25, -0.2) is 55.8 Å². The van der Waals surface area contributed by atoms with Crippen molar-refractivity contribution >= 4 is 83.1 Å². The highest BCUT2D eigenvalue weighted by Gasteiger charge is 2.24. The molecule has 65 heavy (non-hydrogen) atoms. The van der Waals surface area contributed by atoms with Gasteiger partial charge in [-0.2, -0.15) is 10.2 Å². The molecule has 0 aliphatic carbocycles. The van der Waals surface area contributed by atoms with Gasteiger partial charge in [0.1, 0.15) is 35.6 Å². The third kappa shape index (κ3) is 9.83. The molecule has 24 heteroatoms. The number of ether oxygens (including phenoxy) is 2. The van der Waals surface area contributed by atoms with Crippen LogP contribution in [0.1, 0.15) is 13.8 Å². The van der Waals surface area contributed by atoms with Crippen LogP contribution in [0.3, 0.4) is 0 Å². The van der Waals surface area contributed by atoms with Crippen LogP contribution in [0.5, 0.6) is 5.75 Å². The summed E-state index contributed by atoms with van der Waals surface area (Å²) in [6.07, 6.45) is 11.5. The molecule has 0 aliphatic heterocycles. The summed E-state index contributed by atoms with van der Waals surface area (Å²) in [7, 11) is -6.36.